The number of aromatic nitrogens is 2. The molecule has 1 fully saturated rings. The number of likely N-dealkylation sites (N-methyl/N-ethyl adjacent to an activating group) is 1. The zero-order valence-corrected chi connectivity index (χ0v) is 13.9. The molecule has 0 aliphatic carbocycles. The maximum Gasteiger partial charge on any atom is 0.223 e. The van der Waals surface area contributed by atoms with E-state index in [9.17, 15) is 4.79 Å². The Balaban J connectivity index is 1.79. The molecule has 0 N–H and O–H groups in total. The number of nitrogens with zero attached hydrogens (tertiary/aromatic N) is 4. The fourth-order valence-corrected chi connectivity index (χ4v) is 3.43. The summed E-state index contributed by atoms with van der Waals surface area (Å²) in [6, 6.07) is 0.0798. The highest BCUT2D eigenvalue weighted by molar-refractivity contribution is 5.77. The van der Waals surface area contributed by atoms with E-state index in [0.29, 0.717) is 12.3 Å². The van der Waals surface area contributed by atoms with Gasteiger partial charge in [0.25, 0.3) is 0 Å². The highest BCUT2D eigenvalue weighted by atomic mass is 16.2. The highest BCUT2D eigenvalue weighted by Gasteiger charge is 2.32. The van der Waals surface area contributed by atoms with Crippen LogP contribution in [0.25, 0.3) is 0 Å². The molecule has 0 spiro atoms. The van der Waals surface area contributed by atoms with Crippen LogP contribution in [-0.4, -0.2) is 45.8 Å². The lowest BCUT2D eigenvalue weighted by atomic mass is 10.1. The molecule has 1 aromatic heterocycles. The molecular weight excluding hydrogens is 276 g/mol. The van der Waals surface area contributed by atoms with Crippen molar-refractivity contribution in [2.45, 2.75) is 52.1 Å². The summed E-state index contributed by atoms with van der Waals surface area (Å²) in [5.74, 6) is 1.49. The second-order valence-corrected chi connectivity index (χ2v) is 7.03. The molecule has 0 radical (unpaired) electrons. The SMILES string of the molecule is CC(C)CC(=O)N1CCC[C@@H]1c1ncc2c(n1)CCN(C)C2. The lowest BCUT2D eigenvalue weighted by Crippen LogP contribution is -2.33. The van der Waals surface area contributed by atoms with Crippen molar-refractivity contribution in [3.63, 3.8) is 0 Å². The Kier molecular flexibility index (Phi) is 4.43. The van der Waals surface area contributed by atoms with Crippen molar-refractivity contribution in [3.8, 4) is 0 Å². The zero-order chi connectivity index (χ0) is 15.7. The first-order valence-electron chi connectivity index (χ1n) is 8.37. The van der Waals surface area contributed by atoms with Gasteiger partial charge in [-0.3, -0.25) is 4.79 Å². The van der Waals surface area contributed by atoms with Crippen molar-refractivity contribution in [2.24, 2.45) is 5.92 Å². The normalized spacial score (nSPS) is 22.2. The van der Waals surface area contributed by atoms with E-state index in [2.05, 4.69) is 30.8 Å². The third-order valence-corrected chi connectivity index (χ3v) is 4.60. The number of hydrogen-bond donors (Lipinski definition) is 0. The minimum Gasteiger partial charge on any atom is -0.332 e. The van der Waals surface area contributed by atoms with Gasteiger partial charge >= 0.3 is 0 Å². The maximum absolute atomic E-state index is 12.4. The average Bonchev–Trinajstić information content (AvgIpc) is 2.95. The molecule has 3 heterocycles. The number of amides is 1. The van der Waals surface area contributed by atoms with E-state index in [4.69, 9.17) is 4.98 Å². The van der Waals surface area contributed by atoms with Crippen LogP contribution in [0.2, 0.25) is 0 Å². The molecule has 22 heavy (non-hydrogen) atoms. The molecule has 2 aliphatic rings. The fraction of sp³-hybridized carbons (Fsp3) is 0.706. The third kappa shape index (κ3) is 3.14. The summed E-state index contributed by atoms with van der Waals surface area (Å²) in [7, 11) is 2.13. The number of carbonyl (C=O) groups is 1. The van der Waals surface area contributed by atoms with Gasteiger partial charge in [0.15, 0.2) is 5.82 Å². The first-order valence-corrected chi connectivity index (χ1v) is 8.37. The first kappa shape index (κ1) is 15.4. The highest BCUT2D eigenvalue weighted by Crippen LogP contribution is 2.31. The molecule has 0 unspecified atom stereocenters. The minimum absolute atomic E-state index is 0.0798. The smallest absolute Gasteiger partial charge is 0.223 e. The summed E-state index contributed by atoms with van der Waals surface area (Å²) in [5.41, 5.74) is 2.40. The number of carbonyl (C=O) groups excluding carboxylic acids is 1. The molecule has 0 aromatic carbocycles. The fourth-order valence-electron chi connectivity index (χ4n) is 3.43. The summed E-state index contributed by atoms with van der Waals surface area (Å²) >= 11 is 0. The lowest BCUT2D eigenvalue weighted by Gasteiger charge is -2.27. The van der Waals surface area contributed by atoms with Crippen LogP contribution in [0.1, 0.15) is 56.2 Å². The molecule has 1 atom stereocenters. The van der Waals surface area contributed by atoms with Crippen molar-refractivity contribution in [2.75, 3.05) is 20.1 Å². The molecule has 120 valence electrons. The van der Waals surface area contributed by atoms with Crippen LogP contribution in [-0.2, 0) is 17.8 Å². The van der Waals surface area contributed by atoms with E-state index in [1.54, 1.807) is 0 Å². The Morgan fingerprint density at radius 3 is 3.00 bits per heavy atom. The van der Waals surface area contributed by atoms with Crippen LogP contribution in [0.4, 0.5) is 0 Å². The van der Waals surface area contributed by atoms with Crippen molar-refractivity contribution in [3.05, 3.63) is 23.3 Å². The van der Waals surface area contributed by atoms with Gasteiger partial charge in [0, 0.05) is 49.9 Å². The summed E-state index contributed by atoms with van der Waals surface area (Å²) in [5, 5.41) is 0. The Morgan fingerprint density at radius 1 is 1.41 bits per heavy atom. The number of fused-ring (bicyclic) bond motifs is 1. The molecule has 0 saturated carbocycles. The van der Waals surface area contributed by atoms with Crippen LogP contribution >= 0.6 is 0 Å². The minimum atomic E-state index is 0.0798. The van der Waals surface area contributed by atoms with Crippen LogP contribution in [0.5, 0.6) is 0 Å². The third-order valence-electron chi connectivity index (χ3n) is 4.60. The molecule has 1 amide bonds. The van der Waals surface area contributed by atoms with Gasteiger partial charge in [-0.25, -0.2) is 9.97 Å². The molecule has 0 bridgehead atoms. The molecule has 2 aliphatic heterocycles. The van der Waals surface area contributed by atoms with Crippen molar-refractivity contribution < 1.29 is 4.79 Å². The van der Waals surface area contributed by atoms with E-state index >= 15 is 0 Å². The van der Waals surface area contributed by atoms with E-state index < -0.39 is 0 Å². The van der Waals surface area contributed by atoms with Crippen LogP contribution < -0.4 is 0 Å². The second kappa shape index (κ2) is 6.32. The van der Waals surface area contributed by atoms with Gasteiger partial charge in [-0.15, -0.1) is 0 Å². The predicted molar refractivity (Wildman–Crippen MR) is 85.2 cm³/mol. The summed E-state index contributed by atoms with van der Waals surface area (Å²) in [6.07, 6.45) is 5.61. The summed E-state index contributed by atoms with van der Waals surface area (Å²) in [4.78, 5) is 26.1. The number of hydrogen-bond acceptors (Lipinski definition) is 4. The molecule has 5 heteroatoms. The zero-order valence-electron chi connectivity index (χ0n) is 13.9. The summed E-state index contributed by atoms with van der Waals surface area (Å²) < 4.78 is 0. The van der Waals surface area contributed by atoms with Gasteiger partial charge in [-0.1, -0.05) is 13.8 Å². The van der Waals surface area contributed by atoms with Gasteiger partial charge in [0.2, 0.25) is 5.91 Å². The van der Waals surface area contributed by atoms with Gasteiger partial charge in [-0.05, 0) is 25.8 Å². The molecule has 5 nitrogen and oxygen atoms in total. The standard InChI is InChI=1S/C17H26N4O/c1-12(2)9-16(22)21-7-4-5-15(21)17-18-10-13-11-20(3)8-6-14(13)19-17/h10,12,15H,4-9,11H2,1-3H3/t15-/m1/s1. The number of likely N-dealkylation sites (tertiary alicyclic amines) is 1. The first-order chi connectivity index (χ1) is 10.5. The van der Waals surface area contributed by atoms with Crippen molar-refractivity contribution >= 4 is 5.91 Å². The van der Waals surface area contributed by atoms with Crippen molar-refractivity contribution in [1.29, 1.82) is 0 Å². The Bertz CT molecular complexity index is 558. The lowest BCUT2D eigenvalue weighted by molar-refractivity contribution is -0.133. The Morgan fingerprint density at radius 2 is 2.23 bits per heavy atom. The molecule has 1 aromatic rings. The van der Waals surface area contributed by atoms with Gasteiger partial charge in [0.1, 0.15) is 0 Å². The molecule has 1 saturated heterocycles. The van der Waals surface area contributed by atoms with Crippen LogP contribution in [0, 0.1) is 5.92 Å². The quantitative estimate of drug-likeness (QED) is 0.858. The van der Waals surface area contributed by atoms with Gasteiger partial charge in [0.05, 0.1) is 6.04 Å². The van der Waals surface area contributed by atoms with E-state index in [-0.39, 0.29) is 11.9 Å². The Hall–Kier alpha value is -1.49. The van der Waals surface area contributed by atoms with E-state index in [1.165, 1.54) is 11.3 Å². The molecule has 3 rings (SSSR count). The predicted octanol–water partition coefficient (Wildman–Crippen LogP) is 2.17. The van der Waals surface area contributed by atoms with E-state index in [0.717, 1.165) is 44.7 Å². The van der Waals surface area contributed by atoms with Crippen LogP contribution in [0.3, 0.4) is 0 Å². The Labute approximate surface area is 132 Å². The second-order valence-electron chi connectivity index (χ2n) is 7.03. The topological polar surface area (TPSA) is 49.3 Å². The number of rotatable bonds is 3. The monoisotopic (exact) mass is 302 g/mol. The summed E-state index contributed by atoms with van der Waals surface area (Å²) in [6.45, 7) is 7.00. The largest absolute Gasteiger partial charge is 0.332 e. The van der Waals surface area contributed by atoms with Gasteiger partial charge < -0.3 is 9.80 Å². The van der Waals surface area contributed by atoms with Crippen molar-refractivity contribution in [1.82, 2.24) is 19.8 Å². The maximum atomic E-state index is 12.4. The van der Waals surface area contributed by atoms with E-state index in [1.807, 2.05) is 11.1 Å². The van der Waals surface area contributed by atoms with Gasteiger partial charge in [-0.2, -0.15) is 0 Å². The molecular formula is C17H26N4O. The van der Waals surface area contributed by atoms with Crippen LogP contribution in [0.15, 0.2) is 6.20 Å². The average molecular weight is 302 g/mol.